The molecular formula is C18H18N6O3. The summed E-state index contributed by atoms with van der Waals surface area (Å²) >= 11 is 0. The van der Waals surface area contributed by atoms with E-state index in [1.807, 2.05) is 6.07 Å². The number of fused-ring (bicyclic) bond motifs is 1. The summed E-state index contributed by atoms with van der Waals surface area (Å²) in [4.78, 5) is 42.6. The summed E-state index contributed by atoms with van der Waals surface area (Å²) < 4.78 is 2.75. The molecule has 1 aliphatic heterocycles. The van der Waals surface area contributed by atoms with E-state index < -0.39 is 0 Å². The van der Waals surface area contributed by atoms with Crippen molar-refractivity contribution < 1.29 is 9.59 Å². The number of carbonyl (C=O) groups excluding carboxylic acids is 2. The first kappa shape index (κ1) is 17.0. The molecule has 1 fully saturated rings. The van der Waals surface area contributed by atoms with E-state index in [-0.39, 0.29) is 23.9 Å². The lowest BCUT2D eigenvalue weighted by molar-refractivity contribution is -0.117. The maximum Gasteiger partial charge on any atom is 0.264 e. The molecule has 138 valence electrons. The molecule has 3 heterocycles. The number of anilines is 2. The molecular weight excluding hydrogens is 348 g/mol. The van der Waals surface area contributed by atoms with Crippen molar-refractivity contribution in [1.82, 2.24) is 19.3 Å². The first-order valence-corrected chi connectivity index (χ1v) is 8.60. The molecule has 0 radical (unpaired) electrons. The number of aryl methyl sites for hydroxylation is 1. The zero-order chi connectivity index (χ0) is 19.0. The molecule has 0 aliphatic carbocycles. The minimum atomic E-state index is -0.355. The fourth-order valence-corrected chi connectivity index (χ4v) is 3.21. The Hall–Kier alpha value is -3.49. The number of amides is 2. The van der Waals surface area contributed by atoms with Gasteiger partial charge in [0.05, 0.1) is 6.20 Å². The van der Waals surface area contributed by atoms with Crippen LogP contribution < -0.4 is 15.8 Å². The largest absolute Gasteiger partial charge is 0.324 e. The molecule has 0 atom stereocenters. The molecule has 0 bridgehead atoms. The van der Waals surface area contributed by atoms with Crippen molar-refractivity contribution in [2.24, 2.45) is 7.05 Å². The third-order valence-electron chi connectivity index (χ3n) is 4.55. The van der Waals surface area contributed by atoms with Crippen LogP contribution in [-0.2, 0) is 23.2 Å². The molecule has 9 heteroatoms. The van der Waals surface area contributed by atoms with Gasteiger partial charge in [-0.25, -0.2) is 4.98 Å². The average Bonchev–Trinajstić information content (AvgIpc) is 3.24. The smallest absolute Gasteiger partial charge is 0.264 e. The van der Waals surface area contributed by atoms with Gasteiger partial charge < -0.3 is 10.2 Å². The summed E-state index contributed by atoms with van der Waals surface area (Å²) in [5.74, 6) is -0.270. The predicted molar refractivity (Wildman–Crippen MR) is 99.4 cm³/mol. The first-order chi connectivity index (χ1) is 13.0. The third-order valence-corrected chi connectivity index (χ3v) is 4.55. The second kappa shape index (κ2) is 6.67. The van der Waals surface area contributed by atoms with Crippen LogP contribution in [0, 0.1) is 0 Å². The van der Waals surface area contributed by atoms with E-state index in [9.17, 15) is 14.4 Å². The van der Waals surface area contributed by atoms with E-state index in [0.29, 0.717) is 29.7 Å². The highest BCUT2D eigenvalue weighted by Crippen LogP contribution is 2.24. The Morgan fingerprint density at radius 3 is 2.93 bits per heavy atom. The molecule has 0 saturated carbocycles. The maximum absolute atomic E-state index is 12.4. The van der Waals surface area contributed by atoms with Crippen molar-refractivity contribution in [3.05, 3.63) is 47.1 Å². The van der Waals surface area contributed by atoms with Gasteiger partial charge in [0.2, 0.25) is 11.8 Å². The van der Waals surface area contributed by atoms with E-state index in [1.54, 1.807) is 30.1 Å². The first-order valence-electron chi connectivity index (χ1n) is 8.60. The molecule has 27 heavy (non-hydrogen) atoms. The molecule has 1 saturated heterocycles. The number of aromatic nitrogens is 4. The van der Waals surface area contributed by atoms with Crippen LogP contribution in [0.3, 0.4) is 0 Å². The Labute approximate surface area is 154 Å². The van der Waals surface area contributed by atoms with Crippen LogP contribution in [0.25, 0.3) is 11.0 Å². The molecule has 3 aromatic rings. The van der Waals surface area contributed by atoms with E-state index in [0.717, 1.165) is 12.1 Å². The van der Waals surface area contributed by atoms with Gasteiger partial charge in [-0.1, -0.05) is 6.07 Å². The molecule has 4 rings (SSSR count). The van der Waals surface area contributed by atoms with Crippen molar-refractivity contribution in [3.63, 3.8) is 0 Å². The Bertz CT molecular complexity index is 1100. The van der Waals surface area contributed by atoms with Gasteiger partial charge in [0.25, 0.3) is 5.56 Å². The monoisotopic (exact) mass is 366 g/mol. The zero-order valence-corrected chi connectivity index (χ0v) is 14.8. The highest BCUT2D eigenvalue weighted by atomic mass is 16.2. The zero-order valence-electron chi connectivity index (χ0n) is 14.8. The quantitative estimate of drug-likeness (QED) is 0.739. The minimum Gasteiger partial charge on any atom is -0.324 e. The molecule has 0 spiro atoms. The van der Waals surface area contributed by atoms with Crippen molar-refractivity contribution in [2.75, 3.05) is 16.8 Å². The fraction of sp³-hybridized carbons (Fsp3) is 0.278. The topological polar surface area (TPSA) is 102 Å². The van der Waals surface area contributed by atoms with Crippen LogP contribution in [0.5, 0.6) is 0 Å². The molecule has 2 aromatic heterocycles. The van der Waals surface area contributed by atoms with Crippen molar-refractivity contribution in [2.45, 2.75) is 19.4 Å². The van der Waals surface area contributed by atoms with Gasteiger partial charge in [-0.2, -0.15) is 5.10 Å². The lowest BCUT2D eigenvalue weighted by Gasteiger charge is -2.16. The summed E-state index contributed by atoms with van der Waals surface area (Å²) in [7, 11) is 1.70. The van der Waals surface area contributed by atoms with Crippen molar-refractivity contribution in [3.8, 4) is 0 Å². The Kier molecular flexibility index (Phi) is 4.19. The number of carbonyl (C=O) groups is 2. The number of nitrogens with zero attached hydrogens (tertiary/aromatic N) is 5. The summed E-state index contributed by atoms with van der Waals surface area (Å²) in [6.45, 7) is 0.520. The lowest BCUT2D eigenvalue weighted by Crippen LogP contribution is -2.28. The van der Waals surface area contributed by atoms with Gasteiger partial charge in [0.1, 0.15) is 18.3 Å². The summed E-state index contributed by atoms with van der Waals surface area (Å²) in [6.07, 6.45) is 4.16. The minimum absolute atomic E-state index is 0.0841. The Morgan fingerprint density at radius 1 is 1.30 bits per heavy atom. The number of hydrogen-bond acceptors (Lipinski definition) is 5. The number of hydrogen-bond donors (Lipinski definition) is 1. The highest BCUT2D eigenvalue weighted by molar-refractivity contribution is 5.97. The van der Waals surface area contributed by atoms with Crippen LogP contribution in [0.4, 0.5) is 11.4 Å². The van der Waals surface area contributed by atoms with Gasteiger partial charge >= 0.3 is 0 Å². The number of benzene rings is 1. The lowest BCUT2D eigenvalue weighted by atomic mass is 10.2. The predicted octanol–water partition coefficient (Wildman–Crippen LogP) is 0.895. The van der Waals surface area contributed by atoms with Crippen LogP contribution >= 0.6 is 0 Å². The van der Waals surface area contributed by atoms with Gasteiger partial charge in [-0.3, -0.25) is 23.6 Å². The number of nitrogens with one attached hydrogen (secondary N) is 1. The molecule has 1 aromatic carbocycles. The van der Waals surface area contributed by atoms with Crippen LogP contribution in [0.1, 0.15) is 12.8 Å². The molecule has 0 unspecified atom stereocenters. The van der Waals surface area contributed by atoms with E-state index in [1.165, 1.54) is 21.8 Å². The molecule has 9 nitrogen and oxygen atoms in total. The van der Waals surface area contributed by atoms with E-state index >= 15 is 0 Å². The molecule has 1 N–H and O–H groups in total. The Morgan fingerprint density at radius 2 is 2.15 bits per heavy atom. The van der Waals surface area contributed by atoms with Gasteiger partial charge in [-0.05, 0) is 24.6 Å². The van der Waals surface area contributed by atoms with Crippen molar-refractivity contribution in [1.29, 1.82) is 0 Å². The standard InChI is InChI=1S/C18H18N6O3/c1-22-17-14(9-20-22)18(27)23(11-19-17)10-15(25)21-12-4-2-5-13(8-12)24-7-3-6-16(24)26/h2,4-5,8-9,11H,3,6-7,10H2,1H3,(H,21,25). The second-order valence-electron chi connectivity index (χ2n) is 6.43. The maximum atomic E-state index is 12.4. The Balaban J connectivity index is 1.51. The third kappa shape index (κ3) is 3.19. The van der Waals surface area contributed by atoms with Crippen molar-refractivity contribution >= 4 is 34.2 Å². The summed E-state index contributed by atoms with van der Waals surface area (Å²) in [5.41, 5.74) is 1.48. The van der Waals surface area contributed by atoms with E-state index in [2.05, 4.69) is 15.4 Å². The van der Waals surface area contributed by atoms with Crippen LogP contribution in [-0.4, -0.2) is 37.7 Å². The van der Waals surface area contributed by atoms with Gasteiger partial charge in [0, 0.05) is 31.4 Å². The SMILES string of the molecule is Cn1ncc2c(=O)n(CC(=O)Nc3cccc(N4CCCC4=O)c3)cnc21. The van der Waals surface area contributed by atoms with Gasteiger partial charge in [-0.15, -0.1) is 0 Å². The number of rotatable bonds is 4. The second-order valence-corrected chi connectivity index (χ2v) is 6.43. The van der Waals surface area contributed by atoms with E-state index in [4.69, 9.17) is 0 Å². The summed E-state index contributed by atoms with van der Waals surface area (Å²) in [6, 6.07) is 7.12. The van der Waals surface area contributed by atoms with Gasteiger partial charge in [0.15, 0.2) is 5.65 Å². The molecule has 2 amide bonds. The highest BCUT2D eigenvalue weighted by Gasteiger charge is 2.21. The average molecular weight is 366 g/mol. The molecule has 1 aliphatic rings. The summed E-state index contributed by atoms with van der Waals surface area (Å²) in [5, 5.41) is 7.13. The van der Waals surface area contributed by atoms with Crippen LogP contribution in [0.15, 0.2) is 41.6 Å². The fourth-order valence-electron chi connectivity index (χ4n) is 3.21. The van der Waals surface area contributed by atoms with Crippen LogP contribution in [0.2, 0.25) is 0 Å². The normalized spacial score (nSPS) is 14.1.